The van der Waals surface area contributed by atoms with Crippen LogP contribution in [-0.2, 0) is 9.53 Å². The number of allylic oxidation sites excluding steroid dienone is 6. The van der Waals surface area contributed by atoms with Crippen LogP contribution in [-0.4, -0.2) is 56.0 Å². The number of anilines is 1. The van der Waals surface area contributed by atoms with Crippen LogP contribution < -0.4 is 4.90 Å². The largest absolute Gasteiger partial charge is 0.462 e. The molecule has 4 nitrogen and oxygen atoms in total. The Balaban J connectivity index is 0. The molecule has 5 heteroatoms. The Morgan fingerprint density at radius 1 is 1.12 bits per heavy atom. The number of hydrogen-bond donors (Lipinski definition) is 0. The van der Waals surface area contributed by atoms with Gasteiger partial charge in [-0.25, -0.2) is 0 Å². The van der Waals surface area contributed by atoms with Crippen molar-refractivity contribution in [2.75, 3.05) is 43.9 Å². The molecule has 0 amide bonds. The minimum absolute atomic E-state index is 0.140. The van der Waals surface area contributed by atoms with E-state index in [1.807, 2.05) is 38.6 Å². The van der Waals surface area contributed by atoms with E-state index in [4.69, 9.17) is 4.74 Å². The number of carbonyl (C=O) groups is 1. The van der Waals surface area contributed by atoms with Gasteiger partial charge >= 0.3 is 5.97 Å². The smallest absolute Gasteiger partial charge is 0.302 e. The van der Waals surface area contributed by atoms with Gasteiger partial charge in [0, 0.05) is 48.8 Å². The Morgan fingerprint density at radius 2 is 1.71 bits per heavy atom. The van der Waals surface area contributed by atoms with Gasteiger partial charge in [-0.3, -0.25) is 4.79 Å². The van der Waals surface area contributed by atoms with E-state index in [0.29, 0.717) is 11.8 Å². The number of rotatable bonds is 13. The highest BCUT2D eigenvalue weighted by Gasteiger charge is 2.28. The van der Waals surface area contributed by atoms with Gasteiger partial charge in [0.1, 0.15) is 6.10 Å². The monoisotopic (exact) mass is 683 g/mol. The quantitative estimate of drug-likeness (QED) is 0.0895. The maximum Gasteiger partial charge on any atom is 0.302 e. The number of benzene rings is 1. The zero-order valence-corrected chi connectivity index (χ0v) is 34.0. The van der Waals surface area contributed by atoms with Crippen LogP contribution in [0.2, 0.25) is 0 Å². The predicted molar refractivity (Wildman–Crippen MR) is 218 cm³/mol. The molecule has 2 aliphatic rings. The third-order valence-corrected chi connectivity index (χ3v) is 10.0. The highest BCUT2D eigenvalue weighted by molar-refractivity contribution is 7.99. The zero-order chi connectivity index (χ0) is 37.1. The Bertz CT molecular complexity index is 1050. The minimum atomic E-state index is -0.140. The molecule has 2 unspecified atom stereocenters. The summed E-state index contributed by atoms with van der Waals surface area (Å²) in [7, 11) is 2.21. The fourth-order valence-electron chi connectivity index (χ4n) is 5.19. The van der Waals surface area contributed by atoms with E-state index in [2.05, 4.69) is 128 Å². The van der Waals surface area contributed by atoms with E-state index in [1.165, 1.54) is 62.0 Å². The topological polar surface area (TPSA) is 32.8 Å². The highest BCUT2D eigenvalue weighted by Crippen LogP contribution is 2.36. The fraction of sp³-hybridized carbons (Fsp3) is 0.605. The van der Waals surface area contributed by atoms with Crippen LogP contribution in [0.5, 0.6) is 0 Å². The highest BCUT2D eigenvalue weighted by atomic mass is 32.2. The van der Waals surface area contributed by atoms with Crippen LogP contribution in [0.3, 0.4) is 0 Å². The van der Waals surface area contributed by atoms with Crippen LogP contribution in [0.15, 0.2) is 90.9 Å². The van der Waals surface area contributed by atoms with Gasteiger partial charge in [-0.15, -0.1) is 18.3 Å². The van der Waals surface area contributed by atoms with Gasteiger partial charge in [0.05, 0.1) is 0 Å². The van der Waals surface area contributed by atoms with Crippen LogP contribution in [0.1, 0.15) is 102 Å². The molecule has 1 aromatic carbocycles. The number of nitrogens with zero attached hydrogens (tertiary/aromatic N) is 2. The third kappa shape index (κ3) is 20.1. The molecular formula is C43H74N2O2S. The van der Waals surface area contributed by atoms with Crippen molar-refractivity contribution in [1.82, 2.24) is 4.90 Å². The lowest BCUT2D eigenvalue weighted by atomic mass is 9.73. The number of carbonyl (C=O) groups excluding carboxylic acids is 1. The number of ether oxygens (including phenoxy) is 1. The Morgan fingerprint density at radius 3 is 2.15 bits per heavy atom. The van der Waals surface area contributed by atoms with Gasteiger partial charge in [-0.2, -0.15) is 0 Å². The molecule has 274 valence electrons. The van der Waals surface area contributed by atoms with Crippen LogP contribution in [0.4, 0.5) is 5.69 Å². The molecule has 0 aromatic heterocycles. The van der Waals surface area contributed by atoms with Crippen molar-refractivity contribution in [2.45, 2.75) is 113 Å². The van der Waals surface area contributed by atoms with Crippen molar-refractivity contribution in [1.29, 1.82) is 0 Å². The Hall–Kier alpha value is -2.50. The van der Waals surface area contributed by atoms with E-state index < -0.39 is 0 Å². The first-order chi connectivity index (χ1) is 22.8. The molecule has 1 saturated carbocycles. The maximum atomic E-state index is 10.5. The minimum Gasteiger partial charge on any atom is -0.462 e. The first kappa shape index (κ1) is 47.6. The first-order valence-corrected chi connectivity index (χ1v) is 19.3. The summed E-state index contributed by atoms with van der Waals surface area (Å²) in [6.07, 6.45) is 16.7. The standard InChI is InChI=1S/C17H26N2S.C13H22.C8H14O2.C3H6.C2H6/c1-4-6-11-20-17-9-7-16(8-10-17)19-13-15(14-19)12-18(3)5-2;1-7-9-10-12(4)13(5,6)11(3)8-2;1-6-4-3-5-8(6)10-7(2)9;1-3-2;1-2/h4,6-10,15H,5,11-14H2,1-3H3;7,9-11H,1,4,8H2,2-3,5-6H3;6,8H,3-5H2,1-2H3;3H,1H2,2H3;1-2H3/b6-4-;10-9-;;;/t;;6-,8?;;/m..1../s1. The van der Waals surface area contributed by atoms with Crippen LogP contribution >= 0.6 is 11.8 Å². The second-order valence-electron chi connectivity index (χ2n) is 13.1. The fourth-order valence-corrected chi connectivity index (χ4v) is 5.99. The summed E-state index contributed by atoms with van der Waals surface area (Å²) in [6.45, 7) is 38.7. The predicted octanol–water partition coefficient (Wildman–Crippen LogP) is 12.1. The Labute approximate surface area is 302 Å². The molecular weight excluding hydrogens is 609 g/mol. The molecule has 1 heterocycles. The van der Waals surface area contributed by atoms with Gasteiger partial charge < -0.3 is 14.5 Å². The second-order valence-corrected chi connectivity index (χ2v) is 14.2. The van der Waals surface area contributed by atoms with E-state index >= 15 is 0 Å². The van der Waals surface area contributed by atoms with Crippen molar-refractivity contribution >= 4 is 23.4 Å². The second kappa shape index (κ2) is 28.3. The molecule has 0 bridgehead atoms. The van der Waals surface area contributed by atoms with Crippen molar-refractivity contribution in [2.24, 2.45) is 23.2 Å². The molecule has 0 N–H and O–H groups in total. The molecule has 1 saturated heterocycles. The lowest BCUT2D eigenvalue weighted by Gasteiger charge is -2.42. The molecule has 0 radical (unpaired) electrons. The van der Waals surface area contributed by atoms with E-state index in [-0.39, 0.29) is 17.5 Å². The summed E-state index contributed by atoms with van der Waals surface area (Å²) in [4.78, 5) is 16.8. The zero-order valence-electron chi connectivity index (χ0n) is 33.2. The van der Waals surface area contributed by atoms with Crippen LogP contribution in [0.25, 0.3) is 0 Å². The SMILES string of the molecule is C/C=C\CSc1ccc(N2CC(CN(C)CC)C2)cc1.C=C/C=C\C(=C)C(C)(C)C(C)CC.C=CC.CC.CC(=O)OC1CCC[C@H]1C. The summed E-state index contributed by atoms with van der Waals surface area (Å²) in [5, 5.41) is 0. The summed E-state index contributed by atoms with van der Waals surface area (Å²) in [5.74, 6) is 2.99. The van der Waals surface area contributed by atoms with Crippen molar-refractivity contribution < 1.29 is 9.53 Å². The van der Waals surface area contributed by atoms with Gasteiger partial charge in [-0.1, -0.05) is 111 Å². The molecule has 2 fully saturated rings. The van der Waals surface area contributed by atoms with Gasteiger partial charge in [0.15, 0.2) is 0 Å². The van der Waals surface area contributed by atoms with E-state index in [9.17, 15) is 4.79 Å². The molecule has 3 atom stereocenters. The third-order valence-electron chi connectivity index (χ3n) is 9.06. The number of thioether (sulfide) groups is 1. The maximum absolute atomic E-state index is 10.5. The summed E-state index contributed by atoms with van der Waals surface area (Å²) in [5.41, 5.74) is 2.74. The average Bonchev–Trinajstić information content (AvgIpc) is 3.46. The Kier molecular flexibility index (Phi) is 28.1. The first-order valence-electron chi connectivity index (χ1n) is 18.3. The molecule has 1 aromatic rings. The van der Waals surface area contributed by atoms with Crippen LogP contribution in [0, 0.1) is 23.2 Å². The van der Waals surface area contributed by atoms with E-state index in [0.717, 1.165) is 24.6 Å². The lowest BCUT2D eigenvalue weighted by Crippen LogP contribution is -2.51. The van der Waals surface area contributed by atoms with Gasteiger partial charge in [-0.05, 0) is 93.8 Å². The average molecular weight is 683 g/mol. The molecule has 0 spiro atoms. The molecule has 3 rings (SSSR count). The molecule has 48 heavy (non-hydrogen) atoms. The van der Waals surface area contributed by atoms with Crippen molar-refractivity contribution in [3.05, 3.63) is 86.0 Å². The van der Waals surface area contributed by atoms with E-state index in [1.54, 1.807) is 12.2 Å². The summed E-state index contributed by atoms with van der Waals surface area (Å²) >= 11 is 1.89. The lowest BCUT2D eigenvalue weighted by molar-refractivity contribution is -0.147. The molecule has 1 aliphatic carbocycles. The van der Waals surface area contributed by atoms with Crippen molar-refractivity contribution in [3.63, 3.8) is 0 Å². The summed E-state index contributed by atoms with van der Waals surface area (Å²) in [6, 6.07) is 9.01. The number of hydrogen-bond acceptors (Lipinski definition) is 5. The molecule has 1 aliphatic heterocycles. The normalized spacial score (nSPS) is 17.7. The summed E-state index contributed by atoms with van der Waals surface area (Å²) < 4.78 is 5.08. The van der Waals surface area contributed by atoms with Gasteiger partial charge in [0.25, 0.3) is 0 Å². The van der Waals surface area contributed by atoms with Gasteiger partial charge in [0.2, 0.25) is 0 Å². The van der Waals surface area contributed by atoms with Crippen molar-refractivity contribution in [3.8, 4) is 0 Å². The number of esters is 1.